The third-order valence-corrected chi connectivity index (χ3v) is 0. The first-order chi connectivity index (χ1) is 4.00. The van der Waals surface area contributed by atoms with Crippen LogP contribution in [0, 0.1) is 0 Å². The Balaban J connectivity index is -0.00000000267. The molecule has 0 aliphatic carbocycles. The SMILES string of the molecule is C[NH-].C[NH-].C[NH-].C[NH-].[Ti].[Ti].[Ti].[Ti]. The predicted molar refractivity (Wildman–Crippen MR) is 41.0 cm³/mol. The van der Waals surface area contributed by atoms with Crippen molar-refractivity contribution in [2.75, 3.05) is 28.2 Å². The molecule has 0 aliphatic rings. The maximum atomic E-state index is 5.75. The van der Waals surface area contributed by atoms with Gasteiger partial charge in [-0.2, -0.15) is 28.2 Å². The summed E-state index contributed by atoms with van der Waals surface area (Å²) in [4.78, 5) is 0. The summed E-state index contributed by atoms with van der Waals surface area (Å²) >= 11 is 0. The molecule has 0 heterocycles. The van der Waals surface area contributed by atoms with E-state index in [-0.39, 0.29) is 86.9 Å². The summed E-state index contributed by atoms with van der Waals surface area (Å²) in [5.74, 6) is 0. The van der Waals surface area contributed by atoms with Gasteiger partial charge in [0.1, 0.15) is 0 Å². The molecule has 0 amide bonds. The van der Waals surface area contributed by atoms with E-state index in [1.165, 1.54) is 28.2 Å². The van der Waals surface area contributed by atoms with E-state index in [1.807, 2.05) is 0 Å². The van der Waals surface area contributed by atoms with Crippen LogP contribution in [0.3, 0.4) is 0 Å². The minimum Gasteiger partial charge on any atom is -0.680 e. The fourth-order valence-corrected chi connectivity index (χ4v) is 0. The molecule has 0 saturated heterocycles. The molecule has 0 unspecified atom stereocenters. The van der Waals surface area contributed by atoms with Gasteiger partial charge in [0, 0.05) is 86.9 Å². The summed E-state index contributed by atoms with van der Waals surface area (Å²) in [6.07, 6.45) is 0. The van der Waals surface area contributed by atoms with Crippen molar-refractivity contribution < 1.29 is 86.9 Å². The maximum Gasteiger partial charge on any atom is 0 e. The van der Waals surface area contributed by atoms with Crippen molar-refractivity contribution in [2.45, 2.75) is 0 Å². The van der Waals surface area contributed by atoms with Crippen molar-refractivity contribution in [1.29, 1.82) is 0 Å². The van der Waals surface area contributed by atoms with Crippen molar-refractivity contribution in [2.24, 2.45) is 0 Å². The molecule has 72 valence electrons. The van der Waals surface area contributed by atoms with Crippen molar-refractivity contribution in [3.05, 3.63) is 22.9 Å². The van der Waals surface area contributed by atoms with Gasteiger partial charge in [0.25, 0.3) is 0 Å². The van der Waals surface area contributed by atoms with E-state index in [0.29, 0.717) is 0 Å². The van der Waals surface area contributed by atoms with Gasteiger partial charge in [-0.25, -0.2) is 0 Å². The van der Waals surface area contributed by atoms with Gasteiger partial charge in [-0.15, -0.1) is 0 Å². The van der Waals surface area contributed by atoms with Gasteiger partial charge in [0.15, 0.2) is 0 Å². The first-order valence-corrected chi connectivity index (χ1v) is 2.00. The Labute approximate surface area is 136 Å². The Morgan fingerprint density at radius 3 is 0.333 bits per heavy atom. The summed E-state index contributed by atoms with van der Waals surface area (Å²) in [6.45, 7) is 0. The first-order valence-electron chi connectivity index (χ1n) is 2.00. The van der Waals surface area contributed by atoms with Crippen LogP contribution in [-0.4, -0.2) is 28.2 Å². The summed E-state index contributed by atoms with van der Waals surface area (Å²) in [5, 5.41) is 0. The molecule has 8 heteroatoms. The Morgan fingerprint density at radius 2 is 0.333 bits per heavy atom. The standard InChI is InChI=1S/4CH4N.4Ti/c4*1-2;;;;/h4*2H,1H3;;;;/q4*-1;;;;. The zero-order chi connectivity index (χ0) is 8.00. The Kier molecular flexibility index (Phi) is 1560. The average molecular weight is 312 g/mol. The normalized spacial score (nSPS) is 2.00. The van der Waals surface area contributed by atoms with Gasteiger partial charge in [-0.05, 0) is 0 Å². The topological polar surface area (TPSA) is 95.2 Å². The largest absolute Gasteiger partial charge is 0.680 e. The molecule has 0 bridgehead atoms. The van der Waals surface area contributed by atoms with Gasteiger partial charge in [0.2, 0.25) is 0 Å². The van der Waals surface area contributed by atoms with Crippen LogP contribution >= 0.6 is 0 Å². The molecule has 0 spiro atoms. The number of hydrogen-bond acceptors (Lipinski definition) is 0. The molecule has 0 radical (unpaired) electrons. The molecule has 0 aromatic carbocycles. The summed E-state index contributed by atoms with van der Waals surface area (Å²) < 4.78 is 0. The van der Waals surface area contributed by atoms with E-state index in [0.717, 1.165) is 0 Å². The molecule has 4 nitrogen and oxygen atoms in total. The molecule has 0 rings (SSSR count). The summed E-state index contributed by atoms with van der Waals surface area (Å²) in [7, 11) is 5.00. The minimum absolute atomic E-state index is 0. The van der Waals surface area contributed by atoms with Gasteiger partial charge in [-0.3, -0.25) is 0 Å². The van der Waals surface area contributed by atoms with Crippen LogP contribution < -0.4 is 0 Å². The summed E-state index contributed by atoms with van der Waals surface area (Å²) in [5.41, 5.74) is 23.0. The zero-order valence-electron chi connectivity index (χ0n) is 8.00. The fraction of sp³-hybridized carbons (Fsp3) is 1.00. The average Bonchev–Trinajstić information content (AvgIpc) is 2.03. The van der Waals surface area contributed by atoms with E-state index < -0.39 is 0 Å². The molecule has 4 N–H and O–H groups in total. The molecule has 12 heavy (non-hydrogen) atoms. The molecular formula is C4H16N4Ti4-4. The van der Waals surface area contributed by atoms with Crippen LogP contribution in [0.4, 0.5) is 0 Å². The van der Waals surface area contributed by atoms with Crippen molar-refractivity contribution in [3.63, 3.8) is 0 Å². The molecule has 0 fully saturated rings. The van der Waals surface area contributed by atoms with Gasteiger partial charge in [-0.1, -0.05) is 0 Å². The van der Waals surface area contributed by atoms with Crippen LogP contribution in [0.25, 0.3) is 22.9 Å². The quantitative estimate of drug-likeness (QED) is 0.615. The third-order valence-electron chi connectivity index (χ3n) is 0. The van der Waals surface area contributed by atoms with Gasteiger partial charge < -0.3 is 22.9 Å². The van der Waals surface area contributed by atoms with E-state index in [2.05, 4.69) is 0 Å². The van der Waals surface area contributed by atoms with Gasteiger partial charge in [0.05, 0.1) is 0 Å². The number of hydrogen-bond donors (Lipinski definition) is 0. The van der Waals surface area contributed by atoms with E-state index in [1.54, 1.807) is 0 Å². The predicted octanol–water partition coefficient (Wildman–Crippen LogP) is 2.66. The van der Waals surface area contributed by atoms with Crippen molar-refractivity contribution in [3.8, 4) is 0 Å². The molecule has 0 saturated carbocycles. The van der Waals surface area contributed by atoms with E-state index >= 15 is 0 Å². The monoisotopic (exact) mass is 312 g/mol. The summed E-state index contributed by atoms with van der Waals surface area (Å²) in [6, 6.07) is 0. The Bertz CT molecular complexity index is 19.0. The molecular weight excluding hydrogens is 296 g/mol. The maximum absolute atomic E-state index is 5.75. The zero-order valence-corrected chi connectivity index (χ0v) is 14.2. The van der Waals surface area contributed by atoms with Crippen molar-refractivity contribution >= 4 is 0 Å². The van der Waals surface area contributed by atoms with Crippen LogP contribution in [0.2, 0.25) is 0 Å². The molecule has 0 atom stereocenters. The van der Waals surface area contributed by atoms with Crippen LogP contribution in [0.15, 0.2) is 0 Å². The van der Waals surface area contributed by atoms with E-state index in [9.17, 15) is 0 Å². The second-order valence-electron chi connectivity index (χ2n) is 0. The minimum atomic E-state index is 0. The Hall–Kier alpha value is 2.70. The number of nitrogens with one attached hydrogen (secondary N) is 4. The molecule has 0 aliphatic heterocycles. The van der Waals surface area contributed by atoms with Gasteiger partial charge >= 0.3 is 0 Å². The fourth-order valence-electron chi connectivity index (χ4n) is 0. The smallest absolute Gasteiger partial charge is 0 e. The Morgan fingerprint density at radius 1 is 0.333 bits per heavy atom. The van der Waals surface area contributed by atoms with E-state index in [4.69, 9.17) is 22.9 Å². The first kappa shape index (κ1) is 61.5. The van der Waals surface area contributed by atoms with Crippen molar-refractivity contribution in [1.82, 2.24) is 0 Å². The second kappa shape index (κ2) is 304. The third kappa shape index (κ3) is 239. The van der Waals surface area contributed by atoms with Crippen LogP contribution in [0.1, 0.15) is 0 Å². The molecule has 0 aromatic heterocycles. The van der Waals surface area contributed by atoms with Crippen LogP contribution in [0.5, 0.6) is 0 Å². The number of rotatable bonds is 0. The second-order valence-corrected chi connectivity index (χ2v) is 0. The van der Waals surface area contributed by atoms with Crippen LogP contribution in [-0.2, 0) is 86.9 Å². The molecule has 0 aromatic rings.